The van der Waals surface area contributed by atoms with Gasteiger partial charge in [-0.15, -0.1) is 4.80 Å². The predicted octanol–water partition coefficient (Wildman–Crippen LogP) is 1.94. The first kappa shape index (κ1) is 20.8. The van der Waals surface area contributed by atoms with Crippen LogP contribution in [-0.4, -0.2) is 63.0 Å². The standard InChI is InChI=1S/C18H24N6O4S/c1-5-28-17(26)13-11(4)16(24-19-7-8-20-24)29-14(13)22-18(27)21-12-6-9-23(10(2)3)15(12)25/h7-8,10,12H,5-6,9H2,1-4H3,(H2,21,22,27). The Morgan fingerprint density at radius 2 is 2.03 bits per heavy atom. The second-order valence-electron chi connectivity index (χ2n) is 6.84. The number of hydrogen-bond donors (Lipinski definition) is 2. The van der Waals surface area contributed by atoms with E-state index in [0.717, 1.165) is 11.3 Å². The number of rotatable bonds is 6. The van der Waals surface area contributed by atoms with Gasteiger partial charge in [-0.2, -0.15) is 10.2 Å². The van der Waals surface area contributed by atoms with E-state index in [-0.39, 0.29) is 24.1 Å². The summed E-state index contributed by atoms with van der Waals surface area (Å²) in [5.74, 6) is -0.651. The predicted molar refractivity (Wildman–Crippen MR) is 107 cm³/mol. The highest BCUT2D eigenvalue weighted by Gasteiger charge is 2.34. The summed E-state index contributed by atoms with van der Waals surface area (Å²) in [7, 11) is 0. The van der Waals surface area contributed by atoms with Crippen LogP contribution in [0, 0.1) is 6.92 Å². The molecule has 156 valence electrons. The third kappa shape index (κ3) is 4.24. The van der Waals surface area contributed by atoms with Gasteiger partial charge in [-0.05, 0) is 34.1 Å². The fraction of sp³-hybridized carbons (Fsp3) is 0.500. The number of hydrogen-bond acceptors (Lipinski definition) is 7. The summed E-state index contributed by atoms with van der Waals surface area (Å²) in [6, 6.07) is -1.06. The quantitative estimate of drug-likeness (QED) is 0.690. The van der Waals surface area contributed by atoms with Gasteiger partial charge in [0.1, 0.15) is 16.0 Å². The number of amides is 3. The molecule has 3 heterocycles. The SMILES string of the molecule is CCOC(=O)c1c(NC(=O)NC2CCN(C(C)C)C2=O)sc(-n2nccn2)c1C. The molecule has 3 amide bonds. The molecule has 1 aliphatic rings. The first-order chi connectivity index (χ1) is 13.8. The number of carbonyl (C=O) groups excluding carboxylic acids is 3. The van der Waals surface area contributed by atoms with Gasteiger partial charge in [0.25, 0.3) is 0 Å². The summed E-state index contributed by atoms with van der Waals surface area (Å²) < 4.78 is 5.14. The van der Waals surface area contributed by atoms with E-state index in [4.69, 9.17) is 4.74 Å². The molecule has 2 aromatic heterocycles. The Bertz CT molecular complexity index is 908. The lowest BCUT2D eigenvalue weighted by atomic mass is 10.2. The average molecular weight is 420 g/mol. The molecule has 29 heavy (non-hydrogen) atoms. The minimum absolute atomic E-state index is 0.0804. The number of anilines is 1. The third-order valence-corrected chi connectivity index (χ3v) is 5.77. The Morgan fingerprint density at radius 3 is 2.62 bits per heavy atom. The molecule has 1 unspecified atom stereocenters. The number of aromatic nitrogens is 3. The molecule has 0 radical (unpaired) electrons. The summed E-state index contributed by atoms with van der Waals surface area (Å²) in [5, 5.41) is 14.5. The second kappa shape index (κ2) is 8.60. The van der Waals surface area contributed by atoms with Crippen LogP contribution in [0.1, 0.15) is 43.1 Å². The van der Waals surface area contributed by atoms with Gasteiger partial charge >= 0.3 is 12.0 Å². The number of thiophene rings is 1. The van der Waals surface area contributed by atoms with Crippen molar-refractivity contribution < 1.29 is 19.1 Å². The molecule has 0 aromatic carbocycles. The normalized spacial score (nSPS) is 16.4. The van der Waals surface area contributed by atoms with Crippen molar-refractivity contribution in [1.29, 1.82) is 0 Å². The average Bonchev–Trinajstić information content (AvgIpc) is 3.36. The molecular weight excluding hydrogens is 396 g/mol. The number of nitrogens with zero attached hydrogens (tertiary/aromatic N) is 4. The highest BCUT2D eigenvalue weighted by Crippen LogP contribution is 2.35. The van der Waals surface area contributed by atoms with Crippen molar-refractivity contribution >= 4 is 34.2 Å². The van der Waals surface area contributed by atoms with Gasteiger partial charge in [0.05, 0.1) is 24.6 Å². The van der Waals surface area contributed by atoms with Crippen LogP contribution in [0.5, 0.6) is 0 Å². The van der Waals surface area contributed by atoms with Gasteiger partial charge < -0.3 is 15.0 Å². The van der Waals surface area contributed by atoms with Gasteiger partial charge in [0, 0.05) is 18.2 Å². The van der Waals surface area contributed by atoms with Gasteiger partial charge in [0.2, 0.25) is 5.91 Å². The summed E-state index contributed by atoms with van der Waals surface area (Å²) in [4.78, 5) is 40.5. The van der Waals surface area contributed by atoms with Crippen molar-refractivity contribution in [3.63, 3.8) is 0 Å². The van der Waals surface area contributed by atoms with Crippen molar-refractivity contribution in [1.82, 2.24) is 25.2 Å². The molecule has 2 N–H and O–H groups in total. The van der Waals surface area contributed by atoms with E-state index in [0.29, 0.717) is 28.5 Å². The smallest absolute Gasteiger partial charge is 0.341 e. The lowest BCUT2D eigenvalue weighted by molar-refractivity contribution is -0.130. The van der Waals surface area contributed by atoms with E-state index in [2.05, 4.69) is 20.8 Å². The van der Waals surface area contributed by atoms with Crippen molar-refractivity contribution in [2.24, 2.45) is 0 Å². The fourth-order valence-electron chi connectivity index (χ4n) is 3.20. The van der Waals surface area contributed by atoms with Crippen molar-refractivity contribution in [3.8, 4) is 5.00 Å². The molecule has 2 aromatic rings. The number of esters is 1. The topological polar surface area (TPSA) is 118 Å². The number of urea groups is 1. The Hall–Kier alpha value is -2.95. The minimum Gasteiger partial charge on any atom is -0.462 e. The molecule has 1 saturated heterocycles. The highest BCUT2D eigenvalue weighted by molar-refractivity contribution is 7.19. The molecule has 1 fully saturated rings. The van der Waals surface area contributed by atoms with Crippen molar-refractivity contribution in [2.45, 2.75) is 46.2 Å². The molecular formula is C18H24N6O4S. The zero-order chi connectivity index (χ0) is 21.1. The number of nitrogens with one attached hydrogen (secondary N) is 2. The summed E-state index contributed by atoms with van der Waals surface area (Å²) >= 11 is 1.16. The molecule has 0 spiro atoms. The molecule has 3 rings (SSSR count). The fourth-order valence-corrected chi connectivity index (χ4v) is 4.30. The number of carbonyl (C=O) groups is 3. The Labute approximate surface area is 172 Å². The van der Waals surface area contributed by atoms with Crippen LogP contribution in [0.3, 0.4) is 0 Å². The molecule has 11 heteroatoms. The molecule has 0 bridgehead atoms. The minimum atomic E-state index is -0.586. The van der Waals surface area contributed by atoms with Crippen LogP contribution in [0.25, 0.3) is 5.00 Å². The zero-order valence-corrected chi connectivity index (χ0v) is 17.6. The van der Waals surface area contributed by atoms with Gasteiger partial charge in [0.15, 0.2) is 0 Å². The second-order valence-corrected chi connectivity index (χ2v) is 7.84. The van der Waals surface area contributed by atoms with Crippen LogP contribution >= 0.6 is 11.3 Å². The van der Waals surface area contributed by atoms with E-state index in [1.165, 1.54) is 17.2 Å². The van der Waals surface area contributed by atoms with Crippen LogP contribution in [-0.2, 0) is 9.53 Å². The van der Waals surface area contributed by atoms with Crippen LogP contribution < -0.4 is 10.6 Å². The maximum absolute atomic E-state index is 12.6. The van der Waals surface area contributed by atoms with E-state index in [1.54, 1.807) is 18.7 Å². The molecule has 1 aliphatic heterocycles. The van der Waals surface area contributed by atoms with E-state index in [1.807, 2.05) is 13.8 Å². The van der Waals surface area contributed by atoms with E-state index < -0.39 is 18.0 Å². The van der Waals surface area contributed by atoms with Crippen molar-refractivity contribution in [3.05, 3.63) is 23.5 Å². The maximum atomic E-state index is 12.6. The first-order valence-corrected chi connectivity index (χ1v) is 10.2. The molecule has 1 atom stereocenters. The lowest BCUT2D eigenvalue weighted by Gasteiger charge is -2.21. The number of likely N-dealkylation sites (tertiary alicyclic amines) is 1. The Kier molecular flexibility index (Phi) is 6.16. The summed E-state index contributed by atoms with van der Waals surface area (Å²) in [6.07, 6.45) is 3.59. The number of ether oxygens (including phenoxy) is 1. The van der Waals surface area contributed by atoms with E-state index in [9.17, 15) is 14.4 Å². The Balaban J connectivity index is 1.81. The highest BCUT2D eigenvalue weighted by atomic mass is 32.1. The molecule has 10 nitrogen and oxygen atoms in total. The summed E-state index contributed by atoms with van der Waals surface area (Å²) in [6.45, 7) is 8.13. The monoisotopic (exact) mass is 420 g/mol. The largest absolute Gasteiger partial charge is 0.462 e. The molecule has 0 aliphatic carbocycles. The van der Waals surface area contributed by atoms with Crippen molar-refractivity contribution in [2.75, 3.05) is 18.5 Å². The van der Waals surface area contributed by atoms with Crippen LogP contribution in [0.4, 0.5) is 9.80 Å². The van der Waals surface area contributed by atoms with Crippen LogP contribution in [0.15, 0.2) is 12.4 Å². The summed E-state index contributed by atoms with van der Waals surface area (Å²) in [5.41, 5.74) is 0.851. The van der Waals surface area contributed by atoms with Gasteiger partial charge in [-0.3, -0.25) is 10.1 Å². The lowest BCUT2D eigenvalue weighted by Crippen LogP contribution is -2.44. The Morgan fingerprint density at radius 1 is 1.34 bits per heavy atom. The third-order valence-electron chi connectivity index (χ3n) is 4.60. The molecule has 0 saturated carbocycles. The maximum Gasteiger partial charge on any atom is 0.341 e. The first-order valence-electron chi connectivity index (χ1n) is 9.38. The van der Waals surface area contributed by atoms with E-state index >= 15 is 0 Å². The van der Waals surface area contributed by atoms with Crippen LogP contribution in [0.2, 0.25) is 0 Å². The zero-order valence-electron chi connectivity index (χ0n) is 16.8. The van der Waals surface area contributed by atoms with Gasteiger partial charge in [-0.25, -0.2) is 9.59 Å². The van der Waals surface area contributed by atoms with Gasteiger partial charge in [-0.1, -0.05) is 11.3 Å².